The summed E-state index contributed by atoms with van der Waals surface area (Å²) in [4.78, 5) is 26.9. The molecule has 1 atom stereocenters. The predicted molar refractivity (Wildman–Crippen MR) is 104 cm³/mol. The van der Waals surface area contributed by atoms with Crippen molar-refractivity contribution in [2.75, 3.05) is 17.6 Å². The van der Waals surface area contributed by atoms with E-state index in [0.29, 0.717) is 23.5 Å². The highest BCUT2D eigenvalue weighted by Crippen LogP contribution is 2.14. The molecule has 6 heteroatoms. The van der Waals surface area contributed by atoms with Crippen molar-refractivity contribution >= 4 is 35.6 Å². The zero-order chi connectivity index (χ0) is 17.5. The second-order valence-electron chi connectivity index (χ2n) is 5.66. The van der Waals surface area contributed by atoms with Crippen molar-refractivity contribution in [3.63, 3.8) is 0 Å². The number of halogens is 1. The summed E-state index contributed by atoms with van der Waals surface area (Å²) in [5.74, 6) is -0.410. The van der Waals surface area contributed by atoms with E-state index in [9.17, 15) is 9.59 Å². The highest BCUT2D eigenvalue weighted by Gasteiger charge is 2.26. The van der Waals surface area contributed by atoms with Crippen LogP contribution in [0.3, 0.4) is 0 Å². The molecule has 0 aromatic heterocycles. The van der Waals surface area contributed by atoms with Crippen LogP contribution in [0.25, 0.3) is 0 Å². The van der Waals surface area contributed by atoms with Crippen LogP contribution in [-0.4, -0.2) is 29.3 Å². The highest BCUT2D eigenvalue weighted by atomic mass is 35.5. The van der Waals surface area contributed by atoms with E-state index in [4.69, 9.17) is 5.73 Å². The van der Waals surface area contributed by atoms with Gasteiger partial charge in [-0.05, 0) is 43.7 Å². The van der Waals surface area contributed by atoms with Gasteiger partial charge in [0.2, 0.25) is 5.91 Å². The van der Waals surface area contributed by atoms with Gasteiger partial charge in [-0.3, -0.25) is 9.59 Å². The molecule has 0 spiro atoms. The molecule has 1 unspecified atom stereocenters. The van der Waals surface area contributed by atoms with Gasteiger partial charge in [-0.25, -0.2) is 0 Å². The van der Waals surface area contributed by atoms with Crippen LogP contribution >= 0.6 is 12.4 Å². The molecule has 0 bridgehead atoms. The zero-order valence-electron chi connectivity index (χ0n) is 14.4. The van der Waals surface area contributed by atoms with Crippen molar-refractivity contribution in [2.24, 2.45) is 0 Å². The van der Waals surface area contributed by atoms with Crippen molar-refractivity contribution in [1.82, 2.24) is 4.90 Å². The van der Waals surface area contributed by atoms with Gasteiger partial charge in [0.1, 0.15) is 6.04 Å². The molecule has 0 aliphatic heterocycles. The average Bonchev–Trinajstić information content (AvgIpc) is 2.59. The second kappa shape index (κ2) is 9.69. The first-order valence-corrected chi connectivity index (χ1v) is 8.05. The van der Waals surface area contributed by atoms with E-state index in [-0.39, 0.29) is 24.2 Å². The molecule has 0 radical (unpaired) electrons. The fraction of sp³-hybridized carbons (Fsp3) is 0.263. The number of amides is 2. The molecule has 5 nitrogen and oxygen atoms in total. The van der Waals surface area contributed by atoms with Gasteiger partial charge in [0.15, 0.2) is 0 Å². The van der Waals surface area contributed by atoms with E-state index >= 15 is 0 Å². The van der Waals surface area contributed by atoms with Crippen LogP contribution in [0, 0.1) is 0 Å². The Morgan fingerprint density at radius 3 is 2.40 bits per heavy atom. The number of carbonyl (C=O) groups is 2. The summed E-state index contributed by atoms with van der Waals surface area (Å²) >= 11 is 0. The Bertz CT molecular complexity index is 707. The fourth-order valence-corrected chi connectivity index (χ4v) is 2.46. The lowest BCUT2D eigenvalue weighted by Crippen LogP contribution is -2.46. The van der Waals surface area contributed by atoms with Crippen molar-refractivity contribution in [3.05, 3.63) is 60.2 Å². The minimum absolute atomic E-state index is 0. The van der Waals surface area contributed by atoms with Crippen molar-refractivity contribution in [2.45, 2.75) is 26.3 Å². The molecule has 0 fully saturated rings. The predicted octanol–water partition coefficient (Wildman–Crippen LogP) is 3.57. The Kier molecular flexibility index (Phi) is 7.95. The summed E-state index contributed by atoms with van der Waals surface area (Å²) in [5, 5.41) is 2.84. The minimum Gasteiger partial charge on any atom is -0.399 e. The van der Waals surface area contributed by atoms with E-state index in [0.717, 1.165) is 6.42 Å². The molecule has 2 rings (SSSR count). The number of benzene rings is 2. The topological polar surface area (TPSA) is 75.4 Å². The molecule has 0 heterocycles. The number of carbonyl (C=O) groups excluding carboxylic acids is 2. The number of nitrogens with zero attached hydrogens (tertiary/aromatic N) is 1. The van der Waals surface area contributed by atoms with Crippen molar-refractivity contribution < 1.29 is 9.59 Å². The standard InChI is InChI=1S/C19H23N3O2.ClH/c1-3-12-22(19(24)15-8-7-9-16(20)13-15)14(2)18(23)21-17-10-5-4-6-11-17;/h4-11,13-14H,3,12,20H2,1-2H3,(H,21,23);1H. The lowest BCUT2D eigenvalue weighted by molar-refractivity contribution is -0.120. The monoisotopic (exact) mass is 361 g/mol. The van der Waals surface area contributed by atoms with Crippen molar-refractivity contribution in [1.29, 1.82) is 0 Å². The van der Waals surface area contributed by atoms with Crippen LogP contribution in [0.5, 0.6) is 0 Å². The first-order valence-electron chi connectivity index (χ1n) is 8.05. The van der Waals surface area contributed by atoms with Gasteiger partial charge >= 0.3 is 0 Å². The number of rotatable bonds is 6. The number of nitrogens with one attached hydrogen (secondary N) is 1. The van der Waals surface area contributed by atoms with Gasteiger partial charge in [0, 0.05) is 23.5 Å². The maximum atomic E-state index is 12.8. The zero-order valence-corrected chi connectivity index (χ0v) is 15.3. The quantitative estimate of drug-likeness (QED) is 0.772. The lowest BCUT2D eigenvalue weighted by Gasteiger charge is -2.28. The van der Waals surface area contributed by atoms with Crippen LogP contribution in [0.15, 0.2) is 54.6 Å². The summed E-state index contributed by atoms with van der Waals surface area (Å²) in [6.07, 6.45) is 0.761. The molecule has 2 aromatic carbocycles. The molecule has 0 saturated carbocycles. The summed E-state index contributed by atoms with van der Waals surface area (Å²) in [6.45, 7) is 4.20. The van der Waals surface area contributed by atoms with E-state index < -0.39 is 6.04 Å². The number of nitrogens with two attached hydrogens (primary N) is 1. The average molecular weight is 362 g/mol. The maximum absolute atomic E-state index is 12.8. The third kappa shape index (κ3) is 5.50. The first-order chi connectivity index (χ1) is 11.5. The molecule has 0 saturated heterocycles. The van der Waals surface area contributed by atoms with Crippen LogP contribution < -0.4 is 11.1 Å². The molecular weight excluding hydrogens is 338 g/mol. The largest absolute Gasteiger partial charge is 0.399 e. The van der Waals surface area contributed by atoms with E-state index in [1.165, 1.54) is 0 Å². The van der Waals surface area contributed by atoms with Gasteiger partial charge in [0.25, 0.3) is 5.91 Å². The number of nitrogen functional groups attached to an aromatic ring is 1. The van der Waals surface area contributed by atoms with Crippen LogP contribution in [0.2, 0.25) is 0 Å². The Labute approximate surface area is 154 Å². The molecule has 3 N–H and O–H groups in total. The smallest absolute Gasteiger partial charge is 0.254 e. The van der Waals surface area contributed by atoms with Gasteiger partial charge < -0.3 is 16.0 Å². The van der Waals surface area contributed by atoms with Crippen LogP contribution in [-0.2, 0) is 4.79 Å². The SMILES string of the molecule is CCCN(C(=O)c1cccc(N)c1)C(C)C(=O)Nc1ccccc1.Cl. The van der Waals surface area contributed by atoms with E-state index in [1.54, 1.807) is 36.1 Å². The Morgan fingerprint density at radius 2 is 1.80 bits per heavy atom. The van der Waals surface area contributed by atoms with Gasteiger partial charge in [-0.15, -0.1) is 12.4 Å². The molecule has 2 amide bonds. The molecule has 134 valence electrons. The maximum Gasteiger partial charge on any atom is 0.254 e. The van der Waals surface area contributed by atoms with Crippen molar-refractivity contribution in [3.8, 4) is 0 Å². The Balaban J connectivity index is 0.00000312. The highest BCUT2D eigenvalue weighted by molar-refractivity contribution is 6.01. The molecular formula is C19H24ClN3O2. The van der Waals surface area contributed by atoms with Gasteiger partial charge in [0.05, 0.1) is 0 Å². The number of anilines is 2. The minimum atomic E-state index is -0.584. The number of para-hydroxylation sites is 1. The third-order valence-electron chi connectivity index (χ3n) is 3.75. The van der Waals surface area contributed by atoms with Gasteiger partial charge in [-0.1, -0.05) is 31.2 Å². The number of hydrogen-bond acceptors (Lipinski definition) is 3. The Hall–Kier alpha value is -2.53. The summed E-state index contributed by atoms with van der Waals surface area (Å²) in [6, 6.07) is 15.4. The molecule has 0 aliphatic carbocycles. The third-order valence-corrected chi connectivity index (χ3v) is 3.75. The van der Waals surface area contributed by atoms with Gasteiger partial charge in [-0.2, -0.15) is 0 Å². The lowest BCUT2D eigenvalue weighted by atomic mass is 10.1. The Morgan fingerprint density at radius 1 is 1.12 bits per heavy atom. The van der Waals surface area contributed by atoms with E-state index in [1.807, 2.05) is 37.3 Å². The number of hydrogen-bond donors (Lipinski definition) is 2. The molecule has 25 heavy (non-hydrogen) atoms. The van der Waals surface area contributed by atoms with Crippen LogP contribution in [0.4, 0.5) is 11.4 Å². The summed E-state index contributed by atoms with van der Waals surface area (Å²) in [7, 11) is 0. The summed E-state index contributed by atoms with van der Waals surface area (Å²) in [5.41, 5.74) is 7.48. The first kappa shape index (κ1) is 20.5. The molecule has 0 aliphatic rings. The van der Waals surface area contributed by atoms with Crippen LogP contribution in [0.1, 0.15) is 30.6 Å². The second-order valence-corrected chi connectivity index (χ2v) is 5.66. The summed E-state index contributed by atoms with van der Waals surface area (Å²) < 4.78 is 0. The normalized spacial score (nSPS) is 11.1. The van der Waals surface area contributed by atoms with E-state index in [2.05, 4.69) is 5.32 Å². The fourth-order valence-electron chi connectivity index (χ4n) is 2.46. The molecule has 2 aromatic rings.